The van der Waals surface area contributed by atoms with Crippen LogP contribution >= 0.6 is 0 Å². The number of H-pyrrole nitrogens is 1. The molecule has 0 unspecified atom stereocenters. The van der Waals surface area contributed by atoms with Crippen LogP contribution in [0.4, 0.5) is 0 Å². The molecule has 0 aliphatic rings. The van der Waals surface area contributed by atoms with Crippen molar-refractivity contribution in [3.05, 3.63) is 93.8 Å². The Bertz CT molecular complexity index is 1080. The molecule has 6 N–H and O–H groups in total. The second-order valence-electron chi connectivity index (χ2n) is 6.92. The van der Waals surface area contributed by atoms with Crippen molar-refractivity contribution < 1.29 is 14.3 Å². The molecule has 0 bridgehead atoms. The Morgan fingerprint density at radius 3 is 2.37 bits per heavy atom. The highest BCUT2D eigenvalue weighted by molar-refractivity contribution is 5.95. The van der Waals surface area contributed by atoms with Gasteiger partial charge in [-0.15, -0.1) is 0 Å². The maximum Gasteiger partial charge on any atom is 0.340 e. The summed E-state index contributed by atoms with van der Waals surface area (Å²) in [5.41, 5.74) is 15.8. The van der Waals surface area contributed by atoms with Crippen molar-refractivity contribution in [2.24, 2.45) is 11.5 Å². The van der Waals surface area contributed by atoms with Crippen LogP contribution in [-0.2, 0) is 17.6 Å². The summed E-state index contributed by atoms with van der Waals surface area (Å²) >= 11 is 0. The molecular formula is C23H24N4O3. The lowest BCUT2D eigenvalue weighted by atomic mass is 9.98. The first-order chi connectivity index (χ1) is 14.4. The molecule has 0 spiro atoms. The summed E-state index contributed by atoms with van der Waals surface area (Å²) in [5, 5.41) is 7.61. The predicted octanol–water partition coefficient (Wildman–Crippen LogP) is 2.76. The summed E-state index contributed by atoms with van der Waals surface area (Å²) in [4.78, 5) is 27.2. The molecule has 1 aromatic heterocycles. The van der Waals surface area contributed by atoms with Crippen molar-refractivity contribution in [1.82, 2.24) is 4.98 Å². The number of hydrogen-bond donors (Lipinski definition) is 4. The monoisotopic (exact) mass is 404 g/mol. The average molecular weight is 404 g/mol. The number of nitrogen functional groups attached to an aromatic ring is 1. The smallest absolute Gasteiger partial charge is 0.340 e. The maximum atomic E-state index is 12.7. The SMILES string of the molecule is CCOC(=O)c1c(Cc2ccc(C(N)=O)cc2)c[nH]c1Cc1cccc(C(=N)N)c1. The number of hydrogen-bond acceptors (Lipinski definition) is 4. The second-order valence-corrected chi connectivity index (χ2v) is 6.92. The van der Waals surface area contributed by atoms with Gasteiger partial charge < -0.3 is 21.2 Å². The van der Waals surface area contributed by atoms with Gasteiger partial charge in [0.15, 0.2) is 0 Å². The van der Waals surface area contributed by atoms with Gasteiger partial charge in [0, 0.05) is 29.4 Å². The maximum absolute atomic E-state index is 12.7. The van der Waals surface area contributed by atoms with Crippen LogP contribution in [0.5, 0.6) is 0 Å². The van der Waals surface area contributed by atoms with Crippen molar-refractivity contribution in [1.29, 1.82) is 5.41 Å². The summed E-state index contributed by atoms with van der Waals surface area (Å²) in [7, 11) is 0. The molecule has 0 aliphatic heterocycles. The Hall–Kier alpha value is -3.87. The van der Waals surface area contributed by atoms with Gasteiger partial charge in [0.25, 0.3) is 0 Å². The number of nitrogens with two attached hydrogens (primary N) is 2. The molecule has 1 heterocycles. The molecule has 1 amide bonds. The third-order valence-corrected chi connectivity index (χ3v) is 4.77. The van der Waals surface area contributed by atoms with E-state index in [4.69, 9.17) is 21.6 Å². The number of carbonyl (C=O) groups excluding carboxylic acids is 2. The molecule has 0 aliphatic carbocycles. The molecule has 7 heteroatoms. The number of aromatic nitrogens is 1. The van der Waals surface area contributed by atoms with Gasteiger partial charge in [0.2, 0.25) is 5.91 Å². The molecule has 2 aromatic carbocycles. The fraction of sp³-hybridized carbons (Fsp3) is 0.174. The summed E-state index contributed by atoms with van der Waals surface area (Å²) in [6.45, 7) is 2.04. The van der Waals surface area contributed by atoms with E-state index in [1.54, 1.807) is 31.3 Å². The quantitative estimate of drug-likeness (QED) is 0.261. The Kier molecular flexibility index (Phi) is 6.32. The normalized spacial score (nSPS) is 10.6. The largest absolute Gasteiger partial charge is 0.462 e. The molecule has 0 atom stereocenters. The van der Waals surface area contributed by atoms with E-state index in [1.807, 2.05) is 30.3 Å². The summed E-state index contributed by atoms with van der Waals surface area (Å²) < 4.78 is 5.28. The first kappa shape index (κ1) is 20.9. The van der Waals surface area contributed by atoms with Gasteiger partial charge in [-0.1, -0.05) is 30.3 Å². The molecule has 154 valence electrons. The molecule has 0 saturated heterocycles. The average Bonchev–Trinajstić information content (AvgIpc) is 3.10. The first-order valence-corrected chi connectivity index (χ1v) is 9.57. The van der Waals surface area contributed by atoms with Crippen molar-refractivity contribution in [2.45, 2.75) is 19.8 Å². The minimum absolute atomic E-state index is 0.00551. The van der Waals surface area contributed by atoms with E-state index in [0.717, 1.165) is 22.4 Å². The van der Waals surface area contributed by atoms with E-state index in [-0.39, 0.29) is 18.4 Å². The van der Waals surface area contributed by atoms with Crippen molar-refractivity contribution in [2.75, 3.05) is 6.61 Å². The number of nitrogens with one attached hydrogen (secondary N) is 2. The van der Waals surface area contributed by atoms with Crippen molar-refractivity contribution >= 4 is 17.7 Å². The number of aromatic amines is 1. The van der Waals surface area contributed by atoms with Gasteiger partial charge in [0.05, 0.1) is 12.2 Å². The van der Waals surface area contributed by atoms with Crippen LogP contribution in [0, 0.1) is 5.41 Å². The zero-order valence-corrected chi connectivity index (χ0v) is 16.7. The standard InChI is InChI=1S/C23H24N4O3/c1-2-30-23(29)20-18(10-14-6-8-16(9-7-14)22(26)28)13-27-19(20)12-15-4-3-5-17(11-15)21(24)25/h3-9,11,13,27H,2,10,12H2,1H3,(H3,24,25)(H2,26,28). The van der Waals surface area contributed by atoms with Crippen molar-refractivity contribution in [3.8, 4) is 0 Å². The number of esters is 1. The lowest BCUT2D eigenvalue weighted by Crippen LogP contribution is -2.12. The lowest BCUT2D eigenvalue weighted by Gasteiger charge is -2.09. The number of amidine groups is 1. The van der Waals surface area contributed by atoms with Crippen LogP contribution in [0.15, 0.2) is 54.7 Å². The number of primary amides is 1. The molecule has 0 saturated carbocycles. The number of ether oxygens (including phenoxy) is 1. The lowest BCUT2D eigenvalue weighted by molar-refractivity contribution is 0.0524. The number of amides is 1. The molecular weight excluding hydrogens is 380 g/mol. The van der Waals surface area contributed by atoms with E-state index in [9.17, 15) is 9.59 Å². The third-order valence-electron chi connectivity index (χ3n) is 4.77. The van der Waals surface area contributed by atoms with Gasteiger partial charge in [0.1, 0.15) is 5.84 Å². The number of benzene rings is 2. The van der Waals surface area contributed by atoms with E-state index in [1.165, 1.54) is 0 Å². The molecule has 7 nitrogen and oxygen atoms in total. The van der Waals surface area contributed by atoms with E-state index >= 15 is 0 Å². The fourth-order valence-corrected chi connectivity index (χ4v) is 3.31. The van der Waals surface area contributed by atoms with Crippen LogP contribution in [0.2, 0.25) is 0 Å². The molecule has 0 fully saturated rings. The molecule has 30 heavy (non-hydrogen) atoms. The third kappa shape index (κ3) is 4.75. The van der Waals surface area contributed by atoms with E-state index in [0.29, 0.717) is 29.5 Å². The highest BCUT2D eigenvalue weighted by Crippen LogP contribution is 2.22. The zero-order chi connectivity index (χ0) is 21.7. The van der Waals surface area contributed by atoms with Crippen LogP contribution in [0.1, 0.15) is 55.6 Å². The molecule has 0 radical (unpaired) electrons. The second kappa shape index (κ2) is 9.09. The van der Waals surface area contributed by atoms with Gasteiger partial charge in [-0.2, -0.15) is 0 Å². The Morgan fingerprint density at radius 1 is 1.00 bits per heavy atom. The van der Waals surface area contributed by atoms with Crippen LogP contribution in [0.25, 0.3) is 0 Å². The highest BCUT2D eigenvalue weighted by atomic mass is 16.5. The Morgan fingerprint density at radius 2 is 1.73 bits per heavy atom. The molecule has 3 rings (SSSR count). The number of carbonyl (C=O) groups is 2. The van der Waals surface area contributed by atoms with Gasteiger partial charge in [-0.25, -0.2) is 4.79 Å². The minimum Gasteiger partial charge on any atom is -0.462 e. The van der Waals surface area contributed by atoms with Gasteiger partial charge >= 0.3 is 5.97 Å². The Balaban J connectivity index is 1.92. The van der Waals surface area contributed by atoms with Crippen LogP contribution in [-0.4, -0.2) is 29.3 Å². The number of rotatable bonds is 8. The van der Waals surface area contributed by atoms with Crippen molar-refractivity contribution in [3.63, 3.8) is 0 Å². The Labute approximate surface area is 174 Å². The van der Waals surface area contributed by atoms with Gasteiger partial charge in [-0.05, 0) is 48.2 Å². The molecule has 3 aromatic rings. The van der Waals surface area contributed by atoms with Gasteiger partial charge in [-0.3, -0.25) is 10.2 Å². The first-order valence-electron chi connectivity index (χ1n) is 9.57. The highest BCUT2D eigenvalue weighted by Gasteiger charge is 2.20. The summed E-state index contributed by atoms with van der Waals surface area (Å²) in [6.07, 6.45) is 2.77. The minimum atomic E-state index is -0.481. The van der Waals surface area contributed by atoms with E-state index in [2.05, 4.69) is 4.98 Å². The summed E-state index contributed by atoms with van der Waals surface area (Å²) in [6, 6.07) is 14.3. The fourth-order valence-electron chi connectivity index (χ4n) is 3.31. The topological polar surface area (TPSA) is 135 Å². The van der Waals surface area contributed by atoms with Crippen LogP contribution < -0.4 is 11.5 Å². The summed E-state index contributed by atoms with van der Waals surface area (Å²) in [5.74, 6) is -0.875. The van der Waals surface area contributed by atoms with Crippen LogP contribution in [0.3, 0.4) is 0 Å². The van der Waals surface area contributed by atoms with E-state index < -0.39 is 5.91 Å². The predicted molar refractivity (Wildman–Crippen MR) is 115 cm³/mol. The zero-order valence-electron chi connectivity index (χ0n) is 16.7.